The first-order valence-corrected chi connectivity index (χ1v) is 8.92. The van der Waals surface area contributed by atoms with Gasteiger partial charge in [0.25, 0.3) is 5.91 Å². The zero-order valence-corrected chi connectivity index (χ0v) is 14.0. The van der Waals surface area contributed by atoms with Crippen molar-refractivity contribution in [2.75, 3.05) is 0 Å². The maximum Gasteiger partial charge on any atom is 0.252 e. The summed E-state index contributed by atoms with van der Waals surface area (Å²) in [6, 6.07) is 6.15. The number of carbonyl (C=O) groups excluding carboxylic acids is 3. The van der Waals surface area contributed by atoms with Crippen molar-refractivity contribution in [1.82, 2.24) is 5.32 Å². The predicted octanol–water partition coefficient (Wildman–Crippen LogP) is 1.20. The molecule has 5 N–H and O–H groups in total. The summed E-state index contributed by atoms with van der Waals surface area (Å²) in [6.07, 6.45) is 5.13. The average Bonchev–Trinajstić information content (AvgIpc) is 2.57. The van der Waals surface area contributed by atoms with E-state index in [0.29, 0.717) is 23.0 Å². The number of primary amides is 2. The molecule has 4 aliphatic carbocycles. The molecule has 5 rings (SSSR count). The van der Waals surface area contributed by atoms with Gasteiger partial charge >= 0.3 is 0 Å². The Balaban J connectivity index is 1.61. The largest absolute Gasteiger partial charge is 0.368 e. The quantitative estimate of drug-likeness (QED) is 0.764. The minimum Gasteiger partial charge on any atom is -0.368 e. The number of amides is 3. The lowest BCUT2D eigenvalue weighted by molar-refractivity contribution is -0.142. The van der Waals surface area contributed by atoms with Crippen molar-refractivity contribution < 1.29 is 14.4 Å². The summed E-state index contributed by atoms with van der Waals surface area (Å²) in [4.78, 5) is 36.4. The highest BCUT2D eigenvalue weighted by molar-refractivity contribution is 6.00. The monoisotopic (exact) mass is 341 g/mol. The second-order valence-electron chi connectivity index (χ2n) is 7.93. The molecule has 6 nitrogen and oxygen atoms in total. The van der Waals surface area contributed by atoms with Gasteiger partial charge in [0.1, 0.15) is 5.54 Å². The van der Waals surface area contributed by atoms with Crippen molar-refractivity contribution >= 4 is 17.7 Å². The minimum absolute atomic E-state index is 0.134. The van der Waals surface area contributed by atoms with Crippen LogP contribution in [0.3, 0.4) is 0 Å². The number of nitrogens with one attached hydrogen (secondary N) is 1. The number of hydrogen-bond donors (Lipinski definition) is 3. The second kappa shape index (κ2) is 5.58. The Morgan fingerprint density at radius 2 is 1.32 bits per heavy atom. The molecule has 4 fully saturated rings. The minimum atomic E-state index is -0.938. The van der Waals surface area contributed by atoms with Gasteiger partial charge < -0.3 is 16.8 Å². The van der Waals surface area contributed by atoms with Crippen molar-refractivity contribution in [1.29, 1.82) is 0 Å². The maximum absolute atomic E-state index is 12.8. The van der Waals surface area contributed by atoms with Gasteiger partial charge in [-0.2, -0.15) is 0 Å². The first kappa shape index (κ1) is 16.1. The van der Waals surface area contributed by atoms with Crippen LogP contribution in [0.4, 0.5) is 0 Å². The van der Waals surface area contributed by atoms with Crippen LogP contribution in [-0.2, 0) is 4.79 Å². The zero-order chi connectivity index (χ0) is 17.8. The van der Waals surface area contributed by atoms with E-state index >= 15 is 0 Å². The summed E-state index contributed by atoms with van der Waals surface area (Å²) in [6.45, 7) is 0. The fourth-order valence-electron chi connectivity index (χ4n) is 5.64. The van der Waals surface area contributed by atoms with Crippen molar-refractivity contribution in [3.63, 3.8) is 0 Å². The fraction of sp³-hybridized carbons (Fsp3) is 0.526. The lowest BCUT2D eigenvalue weighted by Crippen LogP contribution is -2.71. The maximum atomic E-state index is 12.8. The molecule has 0 unspecified atom stereocenters. The Morgan fingerprint density at radius 1 is 0.840 bits per heavy atom. The summed E-state index contributed by atoms with van der Waals surface area (Å²) in [5.41, 5.74) is 10.9. The summed E-state index contributed by atoms with van der Waals surface area (Å²) < 4.78 is 0. The van der Waals surface area contributed by atoms with Gasteiger partial charge in [0.2, 0.25) is 11.8 Å². The lowest BCUT2D eigenvalue weighted by atomic mass is 9.48. The molecule has 1 aromatic carbocycles. The summed E-state index contributed by atoms with van der Waals surface area (Å²) in [5.74, 6) is 0.334. The molecule has 4 bridgehead atoms. The van der Waals surface area contributed by atoms with E-state index in [0.717, 1.165) is 25.7 Å². The Hall–Kier alpha value is -2.37. The molecule has 0 radical (unpaired) electrons. The number of carbonyl (C=O) groups is 3. The first-order valence-electron chi connectivity index (χ1n) is 8.92. The van der Waals surface area contributed by atoms with E-state index in [4.69, 9.17) is 11.5 Å². The van der Waals surface area contributed by atoms with Gasteiger partial charge in [-0.15, -0.1) is 0 Å². The molecular weight excluding hydrogens is 318 g/mol. The first-order chi connectivity index (χ1) is 11.9. The number of benzene rings is 1. The van der Waals surface area contributed by atoms with Crippen LogP contribution in [0.25, 0.3) is 0 Å². The van der Waals surface area contributed by atoms with E-state index in [1.807, 2.05) is 0 Å². The Labute approximate surface area is 146 Å². The van der Waals surface area contributed by atoms with Gasteiger partial charge in [0.15, 0.2) is 0 Å². The zero-order valence-electron chi connectivity index (χ0n) is 14.0. The standard InChI is InChI=1S/C19H23N3O3/c20-16(23)12-1-3-13(4-2-12)17(24)22-19(18(21)25)14-6-10-5-11(8-14)9-15(19)7-10/h1-4,10-11,14-15H,5-9H2,(H2,20,23)(H2,21,25)(H,22,24). The van der Waals surface area contributed by atoms with Gasteiger partial charge in [0.05, 0.1) is 0 Å². The van der Waals surface area contributed by atoms with E-state index in [1.54, 1.807) is 12.1 Å². The van der Waals surface area contributed by atoms with Crippen LogP contribution >= 0.6 is 0 Å². The number of nitrogens with two attached hydrogens (primary N) is 2. The second-order valence-corrected chi connectivity index (χ2v) is 7.93. The van der Waals surface area contributed by atoms with E-state index in [-0.39, 0.29) is 17.7 Å². The Bertz CT molecular complexity index is 713. The van der Waals surface area contributed by atoms with E-state index in [9.17, 15) is 14.4 Å². The topological polar surface area (TPSA) is 115 Å². The molecule has 1 aromatic rings. The molecule has 6 heteroatoms. The Kier molecular flexibility index (Phi) is 3.60. The van der Waals surface area contributed by atoms with Crippen LogP contribution in [-0.4, -0.2) is 23.3 Å². The average molecular weight is 341 g/mol. The van der Waals surface area contributed by atoms with Crippen LogP contribution in [0.15, 0.2) is 24.3 Å². The normalized spacial score (nSPS) is 35.4. The third-order valence-corrected chi connectivity index (χ3v) is 6.59. The third-order valence-electron chi connectivity index (χ3n) is 6.59. The van der Waals surface area contributed by atoms with Crippen LogP contribution in [0, 0.1) is 23.7 Å². The molecular formula is C19H23N3O3. The SMILES string of the molecule is NC(=O)c1ccc(C(=O)NC2(C(N)=O)C3CC4CC(C3)CC2C4)cc1. The highest BCUT2D eigenvalue weighted by Crippen LogP contribution is 2.58. The Morgan fingerprint density at radius 3 is 1.76 bits per heavy atom. The van der Waals surface area contributed by atoms with E-state index < -0.39 is 17.4 Å². The van der Waals surface area contributed by atoms with Gasteiger partial charge in [-0.3, -0.25) is 14.4 Å². The number of hydrogen-bond acceptors (Lipinski definition) is 3. The van der Waals surface area contributed by atoms with Crippen LogP contribution in [0.2, 0.25) is 0 Å². The molecule has 25 heavy (non-hydrogen) atoms. The molecule has 0 aliphatic heterocycles. The molecule has 0 spiro atoms. The molecule has 0 aromatic heterocycles. The van der Waals surface area contributed by atoms with Gasteiger partial charge in [-0.25, -0.2) is 0 Å². The molecule has 3 amide bonds. The van der Waals surface area contributed by atoms with Crippen LogP contribution in [0.1, 0.15) is 52.8 Å². The molecule has 132 valence electrons. The summed E-state index contributed by atoms with van der Waals surface area (Å²) in [7, 11) is 0. The van der Waals surface area contributed by atoms with Crippen LogP contribution in [0.5, 0.6) is 0 Å². The molecule has 4 aliphatic rings. The van der Waals surface area contributed by atoms with Crippen molar-refractivity contribution in [2.45, 2.75) is 37.6 Å². The van der Waals surface area contributed by atoms with Crippen molar-refractivity contribution in [2.24, 2.45) is 35.1 Å². The highest BCUT2D eigenvalue weighted by Gasteiger charge is 2.61. The van der Waals surface area contributed by atoms with Crippen molar-refractivity contribution in [3.8, 4) is 0 Å². The van der Waals surface area contributed by atoms with E-state index in [2.05, 4.69) is 5.32 Å². The van der Waals surface area contributed by atoms with Gasteiger partial charge in [-0.1, -0.05) is 0 Å². The van der Waals surface area contributed by atoms with Crippen molar-refractivity contribution in [3.05, 3.63) is 35.4 Å². The molecule has 0 saturated heterocycles. The predicted molar refractivity (Wildman–Crippen MR) is 91.4 cm³/mol. The summed E-state index contributed by atoms with van der Waals surface area (Å²) in [5, 5.41) is 3.01. The molecule has 0 heterocycles. The fourth-order valence-corrected chi connectivity index (χ4v) is 5.64. The van der Waals surface area contributed by atoms with Gasteiger partial charge in [0, 0.05) is 11.1 Å². The molecule has 4 saturated carbocycles. The highest BCUT2D eigenvalue weighted by atomic mass is 16.2. The number of rotatable bonds is 4. The smallest absolute Gasteiger partial charge is 0.252 e. The lowest BCUT2D eigenvalue weighted by Gasteiger charge is -2.59. The van der Waals surface area contributed by atoms with E-state index in [1.165, 1.54) is 18.6 Å². The summed E-state index contributed by atoms with van der Waals surface area (Å²) >= 11 is 0. The van der Waals surface area contributed by atoms with Gasteiger partial charge in [-0.05, 0) is 80.0 Å². The van der Waals surface area contributed by atoms with Crippen LogP contribution < -0.4 is 16.8 Å². The third kappa shape index (κ3) is 2.42. The molecule has 0 atom stereocenters.